The topological polar surface area (TPSA) is 125 Å². The second kappa shape index (κ2) is 7.09. The molecule has 1 amide bonds. The van der Waals surface area contributed by atoms with Gasteiger partial charge in [0.05, 0.1) is 18.1 Å². The molecule has 4 aromatic rings. The molecular weight excluding hydrogens is 390 g/mol. The number of rotatable bonds is 4. The Morgan fingerprint density at radius 2 is 1.97 bits per heavy atom. The third kappa shape index (κ3) is 3.46. The van der Waals surface area contributed by atoms with E-state index in [-0.39, 0.29) is 17.7 Å². The number of carbonyl (C=O) groups is 1. The lowest BCUT2D eigenvalue weighted by atomic mass is 9.98. The minimum absolute atomic E-state index is 0.0271. The highest BCUT2D eigenvalue weighted by molar-refractivity contribution is 6.00. The number of nitrogens with one attached hydrogen (secondary N) is 1. The minimum Gasteiger partial charge on any atom is -0.398 e. The maximum atomic E-state index is 12.7. The second-order valence-electron chi connectivity index (χ2n) is 8.14. The predicted molar refractivity (Wildman–Crippen MR) is 121 cm³/mol. The molecule has 3 aromatic heterocycles. The molecule has 156 valence electrons. The average molecular weight is 413 g/mol. The van der Waals surface area contributed by atoms with Crippen LogP contribution in [0.3, 0.4) is 0 Å². The van der Waals surface area contributed by atoms with E-state index >= 15 is 0 Å². The lowest BCUT2D eigenvalue weighted by Crippen LogP contribution is -2.15. The van der Waals surface area contributed by atoms with Gasteiger partial charge in [-0.2, -0.15) is 5.10 Å². The first-order valence-corrected chi connectivity index (χ1v) is 10.1. The van der Waals surface area contributed by atoms with Crippen molar-refractivity contribution >= 4 is 33.9 Å². The van der Waals surface area contributed by atoms with Crippen molar-refractivity contribution < 1.29 is 4.79 Å². The van der Waals surface area contributed by atoms with Crippen LogP contribution in [0, 0.1) is 12.8 Å². The fourth-order valence-electron chi connectivity index (χ4n) is 4.05. The quantitative estimate of drug-likeness (QED) is 0.441. The number of hydrogen-bond acceptors (Lipinski definition) is 6. The average Bonchev–Trinajstić information content (AvgIpc) is 3.43. The van der Waals surface area contributed by atoms with Crippen molar-refractivity contribution in [1.82, 2.24) is 19.7 Å². The molecule has 0 aliphatic heterocycles. The summed E-state index contributed by atoms with van der Waals surface area (Å²) in [6, 6.07) is 5.76. The first-order valence-electron chi connectivity index (χ1n) is 10.1. The highest BCUT2D eigenvalue weighted by Gasteiger charge is 2.44. The van der Waals surface area contributed by atoms with Gasteiger partial charge in [-0.05, 0) is 59.5 Å². The Morgan fingerprint density at radius 1 is 1.13 bits per heavy atom. The Hall–Kier alpha value is -3.94. The number of nitrogen functional groups attached to an aromatic ring is 2. The molecule has 0 radical (unpaired) electrons. The van der Waals surface area contributed by atoms with Crippen LogP contribution in [0.2, 0.25) is 0 Å². The number of aryl methyl sites for hydroxylation is 1. The molecule has 1 saturated carbocycles. The molecule has 0 saturated heterocycles. The highest BCUT2D eigenvalue weighted by Crippen LogP contribution is 2.47. The SMILES string of the molecule is Cc1c(N)cncc1-c1cc(N)c2cnc(NC(=O)[C@H]3C[C@@H]3c3cnn(C)c3)cc2c1. The number of aromatic nitrogens is 4. The van der Waals surface area contributed by atoms with E-state index in [9.17, 15) is 4.79 Å². The van der Waals surface area contributed by atoms with Crippen LogP contribution >= 0.6 is 0 Å². The summed E-state index contributed by atoms with van der Waals surface area (Å²) in [4.78, 5) is 21.3. The summed E-state index contributed by atoms with van der Waals surface area (Å²) >= 11 is 0. The van der Waals surface area contributed by atoms with Crippen molar-refractivity contribution in [3.8, 4) is 11.1 Å². The highest BCUT2D eigenvalue weighted by atomic mass is 16.2. The van der Waals surface area contributed by atoms with Crippen LogP contribution < -0.4 is 16.8 Å². The van der Waals surface area contributed by atoms with Crippen molar-refractivity contribution in [2.24, 2.45) is 13.0 Å². The molecule has 1 aliphatic rings. The van der Waals surface area contributed by atoms with Gasteiger partial charge in [-0.1, -0.05) is 0 Å². The van der Waals surface area contributed by atoms with E-state index in [4.69, 9.17) is 11.5 Å². The Labute approximate surface area is 179 Å². The number of hydrogen-bond donors (Lipinski definition) is 3. The smallest absolute Gasteiger partial charge is 0.229 e. The monoisotopic (exact) mass is 413 g/mol. The summed E-state index contributed by atoms with van der Waals surface area (Å²) < 4.78 is 1.76. The van der Waals surface area contributed by atoms with Crippen LogP contribution in [-0.2, 0) is 11.8 Å². The van der Waals surface area contributed by atoms with E-state index in [1.807, 2.05) is 44.6 Å². The molecule has 1 aliphatic carbocycles. The minimum atomic E-state index is -0.0564. The molecule has 8 heteroatoms. The van der Waals surface area contributed by atoms with E-state index in [2.05, 4.69) is 20.4 Å². The fraction of sp³-hybridized carbons (Fsp3) is 0.217. The molecular formula is C23H23N7O. The number of benzene rings is 1. The predicted octanol–water partition coefficient (Wildman–Crippen LogP) is 3.25. The third-order valence-corrected chi connectivity index (χ3v) is 5.97. The maximum Gasteiger partial charge on any atom is 0.229 e. The van der Waals surface area contributed by atoms with Crippen molar-refractivity contribution in [2.45, 2.75) is 19.3 Å². The Morgan fingerprint density at radius 3 is 2.74 bits per heavy atom. The van der Waals surface area contributed by atoms with E-state index in [1.54, 1.807) is 23.3 Å². The van der Waals surface area contributed by atoms with Crippen molar-refractivity contribution in [2.75, 3.05) is 16.8 Å². The molecule has 0 unspecified atom stereocenters. The van der Waals surface area contributed by atoms with Crippen LogP contribution in [-0.4, -0.2) is 25.7 Å². The van der Waals surface area contributed by atoms with Gasteiger partial charge in [0.2, 0.25) is 5.91 Å². The summed E-state index contributed by atoms with van der Waals surface area (Å²) in [5.41, 5.74) is 17.4. The first kappa shape index (κ1) is 19.0. The number of carbonyl (C=O) groups excluding carboxylic acids is 1. The second-order valence-corrected chi connectivity index (χ2v) is 8.14. The molecule has 31 heavy (non-hydrogen) atoms. The molecule has 1 aromatic carbocycles. The van der Waals surface area contributed by atoms with Gasteiger partial charge in [-0.3, -0.25) is 14.5 Å². The number of fused-ring (bicyclic) bond motifs is 1. The number of nitrogens with zero attached hydrogens (tertiary/aromatic N) is 4. The molecule has 5 rings (SSSR count). The van der Waals surface area contributed by atoms with Crippen LogP contribution in [0.4, 0.5) is 17.2 Å². The lowest BCUT2D eigenvalue weighted by molar-refractivity contribution is -0.117. The summed E-state index contributed by atoms with van der Waals surface area (Å²) in [6.07, 6.45) is 9.72. The van der Waals surface area contributed by atoms with Gasteiger partial charge >= 0.3 is 0 Å². The Bertz CT molecular complexity index is 1330. The Balaban J connectivity index is 1.42. The zero-order chi connectivity index (χ0) is 21.7. The lowest BCUT2D eigenvalue weighted by Gasteiger charge is -2.12. The summed E-state index contributed by atoms with van der Waals surface area (Å²) in [5.74, 6) is 0.642. The zero-order valence-electron chi connectivity index (χ0n) is 17.3. The number of nitrogens with two attached hydrogens (primary N) is 2. The van der Waals surface area contributed by atoms with Crippen LogP contribution in [0.1, 0.15) is 23.5 Å². The van der Waals surface area contributed by atoms with Crippen molar-refractivity contribution in [1.29, 1.82) is 0 Å². The van der Waals surface area contributed by atoms with E-state index < -0.39 is 0 Å². The number of anilines is 3. The van der Waals surface area contributed by atoms with Gasteiger partial charge < -0.3 is 16.8 Å². The van der Waals surface area contributed by atoms with E-state index in [1.165, 1.54) is 0 Å². The van der Waals surface area contributed by atoms with Gasteiger partial charge in [0.15, 0.2) is 0 Å². The maximum absolute atomic E-state index is 12.7. The van der Waals surface area contributed by atoms with E-state index in [0.717, 1.165) is 39.4 Å². The van der Waals surface area contributed by atoms with Gasteiger partial charge in [0.25, 0.3) is 0 Å². The van der Waals surface area contributed by atoms with E-state index in [0.29, 0.717) is 17.2 Å². The Kier molecular flexibility index (Phi) is 4.35. The number of amides is 1. The number of pyridine rings is 2. The third-order valence-electron chi connectivity index (χ3n) is 5.97. The normalized spacial score (nSPS) is 17.6. The molecule has 0 spiro atoms. The summed E-state index contributed by atoms with van der Waals surface area (Å²) in [7, 11) is 1.88. The van der Waals surface area contributed by atoms with Gasteiger partial charge in [-0.15, -0.1) is 0 Å². The molecule has 8 nitrogen and oxygen atoms in total. The molecule has 0 bridgehead atoms. The molecule has 2 atom stereocenters. The van der Waals surface area contributed by atoms with Crippen LogP contribution in [0.5, 0.6) is 0 Å². The molecule has 1 fully saturated rings. The van der Waals surface area contributed by atoms with Crippen LogP contribution in [0.15, 0.2) is 49.2 Å². The first-order chi connectivity index (χ1) is 14.9. The van der Waals surface area contributed by atoms with Gasteiger partial charge in [0.1, 0.15) is 5.82 Å². The molecule has 3 heterocycles. The summed E-state index contributed by atoms with van der Waals surface area (Å²) in [5, 5.41) is 8.86. The zero-order valence-corrected chi connectivity index (χ0v) is 17.3. The largest absolute Gasteiger partial charge is 0.398 e. The van der Waals surface area contributed by atoms with Crippen molar-refractivity contribution in [3.63, 3.8) is 0 Å². The standard InChI is InChI=1S/C23H23N7O/c1-12-18(8-26-10-21(12)25)13-3-14-5-22(27-9-19(14)20(24)4-13)29-23(31)17-6-16(17)15-7-28-30(2)11-15/h3-5,7-11,16-17H,6,24-25H2,1-2H3,(H,27,29,31)/t16-,17+/m1/s1. The molecule has 5 N–H and O–H groups in total. The van der Waals surface area contributed by atoms with Crippen molar-refractivity contribution in [3.05, 3.63) is 60.3 Å². The summed E-state index contributed by atoms with van der Waals surface area (Å²) in [6.45, 7) is 1.96. The van der Waals surface area contributed by atoms with Gasteiger partial charge in [0, 0.05) is 48.2 Å². The fourth-order valence-corrected chi connectivity index (χ4v) is 4.05. The van der Waals surface area contributed by atoms with Gasteiger partial charge in [-0.25, -0.2) is 4.98 Å². The van der Waals surface area contributed by atoms with Crippen LogP contribution in [0.25, 0.3) is 21.9 Å².